The minimum Gasteiger partial charge on any atom is -0.382 e. The van der Waals surface area contributed by atoms with Crippen LogP contribution in [0.1, 0.15) is 18.1 Å². The van der Waals surface area contributed by atoms with Crippen LogP contribution in [0.25, 0.3) is 22.9 Å². The van der Waals surface area contributed by atoms with Crippen molar-refractivity contribution in [3.8, 4) is 11.1 Å². The molecule has 0 spiro atoms. The summed E-state index contributed by atoms with van der Waals surface area (Å²) in [7, 11) is 3.76. The number of aromatic nitrogens is 2. The number of pyridine rings is 1. The van der Waals surface area contributed by atoms with E-state index in [1.165, 1.54) is 6.07 Å². The van der Waals surface area contributed by atoms with E-state index in [0.717, 1.165) is 41.0 Å². The maximum Gasteiger partial charge on any atom is 0.255 e. The van der Waals surface area contributed by atoms with Crippen molar-refractivity contribution in [2.45, 2.75) is 6.92 Å². The molecule has 3 heterocycles. The van der Waals surface area contributed by atoms with Crippen LogP contribution in [0.15, 0.2) is 64.4 Å². The Morgan fingerprint density at radius 2 is 2.00 bits per heavy atom. The number of hydrogen-bond donors (Lipinski definition) is 1. The van der Waals surface area contributed by atoms with Gasteiger partial charge < -0.3 is 19.5 Å². The maximum absolute atomic E-state index is 13.9. The van der Waals surface area contributed by atoms with Gasteiger partial charge in [-0.2, -0.15) is 0 Å². The Morgan fingerprint density at radius 1 is 1.25 bits per heavy atom. The number of halogens is 2. The molecule has 36 heavy (non-hydrogen) atoms. The fourth-order valence-electron chi connectivity index (χ4n) is 4.18. The molecule has 1 aromatic carbocycles. The van der Waals surface area contributed by atoms with E-state index >= 15 is 0 Å². The third kappa shape index (κ3) is 5.62. The minimum absolute atomic E-state index is 0.200. The van der Waals surface area contributed by atoms with Crippen molar-refractivity contribution >= 4 is 46.9 Å². The van der Waals surface area contributed by atoms with Gasteiger partial charge in [0.05, 0.1) is 18.9 Å². The Hall–Kier alpha value is -3.18. The van der Waals surface area contributed by atoms with Crippen molar-refractivity contribution in [1.82, 2.24) is 19.4 Å². The molecule has 0 saturated carbocycles. The highest BCUT2D eigenvalue weighted by Gasteiger charge is 2.16. The Balaban J connectivity index is 1.76. The quantitative estimate of drug-likeness (QED) is 0.305. The molecule has 0 bridgehead atoms. The number of ether oxygens (including phenoxy) is 1. The molecule has 0 unspecified atom stereocenters. The second-order valence-electron chi connectivity index (χ2n) is 8.74. The molecule has 7 nitrogen and oxygen atoms in total. The molecule has 2 aromatic heterocycles. The van der Waals surface area contributed by atoms with Crippen molar-refractivity contribution in [2.75, 3.05) is 40.4 Å². The SMILES string of the molecule is C=Nc1[nH]cc(-c2ccn(/C(=C\N(C)C)c3ccc(F)c(I)c3)c(=O)c2)c1/C=C(\C)N1CCOCC1. The third-order valence-electron chi connectivity index (χ3n) is 6.01. The van der Waals surface area contributed by atoms with Gasteiger partial charge in [0.1, 0.15) is 11.6 Å². The number of hydrogen-bond acceptors (Lipinski definition) is 5. The normalized spacial score (nSPS) is 14.8. The molecule has 188 valence electrons. The number of nitrogens with zero attached hydrogens (tertiary/aromatic N) is 4. The molecule has 4 rings (SSSR count). The number of nitrogens with one attached hydrogen (secondary N) is 1. The number of H-pyrrole nitrogens is 1. The standard InChI is InChI=1S/C27H29FIN5O2/c1-18(33-9-11-36-12-10-33)13-21-22(16-31-27(21)30-2)19-7-8-34(26(35)15-19)25(17-32(3)4)20-5-6-23(28)24(29)14-20/h5-8,13-17,31H,2,9-12H2,1,3-4H3/b18-13+,25-17-. The lowest BCUT2D eigenvalue weighted by molar-refractivity contribution is 0.0542. The van der Waals surface area contributed by atoms with E-state index in [2.05, 4.69) is 34.6 Å². The summed E-state index contributed by atoms with van der Waals surface area (Å²) in [5.74, 6) is 0.356. The monoisotopic (exact) mass is 601 g/mol. The summed E-state index contributed by atoms with van der Waals surface area (Å²) in [6.07, 6.45) is 7.52. The van der Waals surface area contributed by atoms with E-state index in [1.54, 1.807) is 29.0 Å². The van der Waals surface area contributed by atoms with Gasteiger partial charge in [0.2, 0.25) is 0 Å². The number of rotatable bonds is 7. The summed E-state index contributed by atoms with van der Waals surface area (Å²) in [5, 5.41) is 0. The fourth-order valence-corrected chi connectivity index (χ4v) is 4.69. The van der Waals surface area contributed by atoms with E-state index in [-0.39, 0.29) is 11.4 Å². The lowest BCUT2D eigenvalue weighted by Gasteiger charge is -2.29. The number of aliphatic imine (C=N–C) groups is 1. The number of morpholine rings is 1. The summed E-state index contributed by atoms with van der Waals surface area (Å²) >= 11 is 1.96. The van der Waals surface area contributed by atoms with Gasteiger partial charge in [-0.1, -0.05) is 0 Å². The average Bonchev–Trinajstić information content (AvgIpc) is 3.27. The van der Waals surface area contributed by atoms with Crippen molar-refractivity contribution in [3.05, 3.63) is 85.5 Å². The molecular weight excluding hydrogens is 572 g/mol. The summed E-state index contributed by atoms with van der Waals surface area (Å²) in [5.41, 5.74) is 4.80. The van der Waals surface area contributed by atoms with Crippen molar-refractivity contribution in [1.29, 1.82) is 0 Å². The summed E-state index contributed by atoms with van der Waals surface area (Å²) < 4.78 is 21.4. The first-order valence-corrected chi connectivity index (χ1v) is 12.6. The predicted octanol–water partition coefficient (Wildman–Crippen LogP) is 5.02. The van der Waals surface area contributed by atoms with E-state index < -0.39 is 0 Å². The largest absolute Gasteiger partial charge is 0.382 e. The molecule has 1 aliphatic rings. The van der Waals surface area contributed by atoms with Crippen molar-refractivity contribution < 1.29 is 9.13 Å². The summed E-state index contributed by atoms with van der Waals surface area (Å²) in [6, 6.07) is 8.33. The van der Waals surface area contributed by atoms with E-state index in [4.69, 9.17) is 4.74 Å². The van der Waals surface area contributed by atoms with Gasteiger partial charge in [-0.25, -0.2) is 9.38 Å². The van der Waals surface area contributed by atoms with E-state index in [1.807, 2.05) is 60.0 Å². The first-order valence-electron chi connectivity index (χ1n) is 11.5. The minimum atomic E-state index is -0.293. The van der Waals surface area contributed by atoms with Gasteiger partial charge in [-0.05, 0) is 72.1 Å². The first kappa shape index (κ1) is 25.9. The number of benzene rings is 1. The smallest absolute Gasteiger partial charge is 0.255 e. The van der Waals surface area contributed by atoms with Gasteiger partial charge in [0.25, 0.3) is 5.56 Å². The van der Waals surface area contributed by atoms with Crippen LogP contribution in [0.5, 0.6) is 0 Å². The second kappa shape index (κ2) is 11.3. The number of allylic oxidation sites excluding steroid dienone is 1. The molecule has 1 saturated heterocycles. The highest BCUT2D eigenvalue weighted by atomic mass is 127. The zero-order valence-corrected chi connectivity index (χ0v) is 22.8. The van der Waals surface area contributed by atoms with Gasteiger partial charge in [-0.3, -0.25) is 9.36 Å². The van der Waals surface area contributed by atoms with Crippen molar-refractivity contribution in [3.63, 3.8) is 0 Å². The van der Waals surface area contributed by atoms with Crippen LogP contribution in [0.4, 0.5) is 10.2 Å². The second-order valence-corrected chi connectivity index (χ2v) is 9.90. The average molecular weight is 601 g/mol. The molecule has 1 fully saturated rings. The Kier molecular flexibility index (Phi) is 8.10. The van der Waals surface area contributed by atoms with Gasteiger partial charge in [0, 0.05) is 77.8 Å². The molecule has 0 atom stereocenters. The van der Waals surface area contributed by atoms with E-state index in [0.29, 0.717) is 28.3 Å². The van der Waals surface area contributed by atoms with Crippen LogP contribution in [-0.4, -0.2) is 66.5 Å². The molecule has 3 aromatic rings. The van der Waals surface area contributed by atoms with Crippen molar-refractivity contribution in [2.24, 2.45) is 4.99 Å². The lowest BCUT2D eigenvalue weighted by atomic mass is 10.0. The fraction of sp³-hybridized carbons (Fsp3) is 0.259. The molecule has 1 aliphatic heterocycles. The molecule has 1 N–H and O–H groups in total. The third-order valence-corrected chi connectivity index (χ3v) is 6.83. The van der Waals surface area contributed by atoms with E-state index in [9.17, 15) is 9.18 Å². The van der Waals surface area contributed by atoms with Gasteiger partial charge >= 0.3 is 0 Å². The summed E-state index contributed by atoms with van der Waals surface area (Å²) in [4.78, 5) is 24.8. The zero-order chi connectivity index (χ0) is 25.8. The number of aromatic amines is 1. The molecule has 0 aliphatic carbocycles. The molecule has 0 radical (unpaired) electrons. The molecule has 0 amide bonds. The molecular formula is C27H29FIN5O2. The van der Waals surface area contributed by atoms with Gasteiger partial charge in [0.15, 0.2) is 0 Å². The maximum atomic E-state index is 13.9. The van der Waals surface area contributed by atoms with Crippen LogP contribution in [0, 0.1) is 9.39 Å². The Labute approximate surface area is 223 Å². The van der Waals surface area contributed by atoms with Crippen LogP contribution < -0.4 is 5.56 Å². The highest BCUT2D eigenvalue weighted by Crippen LogP contribution is 2.33. The topological polar surface area (TPSA) is 65.9 Å². The van der Waals surface area contributed by atoms with Crippen LogP contribution >= 0.6 is 22.6 Å². The zero-order valence-electron chi connectivity index (χ0n) is 20.6. The first-order chi connectivity index (χ1) is 17.3. The van der Waals surface area contributed by atoms with Crippen LogP contribution in [0.3, 0.4) is 0 Å². The molecule has 9 heteroatoms. The Morgan fingerprint density at radius 3 is 2.64 bits per heavy atom. The van der Waals surface area contributed by atoms with Gasteiger partial charge in [-0.15, -0.1) is 0 Å². The predicted molar refractivity (Wildman–Crippen MR) is 152 cm³/mol. The summed E-state index contributed by atoms with van der Waals surface area (Å²) in [6.45, 7) is 8.83. The van der Waals surface area contributed by atoms with Crippen LogP contribution in [-0.2, 0) is 4.74 Å². The highest BCUT2D eigenvalue weighted by molar-refractivity contribution is 14.1. The Bertz CT molecular complexity index is 1380. The van der Waals surface area contributed by atoms with Crippen LogP contribution in [0.2, 0.25) is 0 Å². The lowest BCUT2D eigenvalue weighted by Crippen LogP contribution is -2.34.